The normalized spacial score (nSPS) is 14.5. The molecular weight excluding hydrogens is 1320 g/mol. The van der Waals surface area contributed by atoms with E-state index in [1.54, 1.807) is 70.2 Å². The van der Waals surface area contributed by atoms with E-state index < -0.39 is 70.3 Å². The topological polar surface area (TPSA) is 459 Å². The average Bonchev–Trinajstić information content (AvgIpc) is 1.80. The van der Waals surface area contributed by atoms with Crippen LogP contribution in [0.15, 0.2) is 53.8 Å². The number of carbonyl (C=O) groups is 9. The number of hydrogen-bond acceptors (Lipinski definition) is 23. The van der Waals surface area contributed by atoms with Crippen molar-refractivity contribution in [3.63, 3.8) is 0 Å². The van der Waals surface area contributed by atoms with E-state index in [4.69, 9.17) is 23.7 Å². The second-order valence-corrected chi connectivity index (χ2v) is 25.0. The highest BCUT2D eigenvalue weighted by Gasteiger charge is 2.30. The summed E-state index contributed by atoms with van der Waals surface area (Å²) in [5.41, 5.74) is 1.62. The van der Waals surface area contributed by atoms with Crippen LogP contribution in [0.25, 0.3) is 10.9 Å². The molecule has 1 aliphatic rings. The van der Waals surface area contributed by atoms with Crippen molar-refractivity contribution in [2.45, 2.75) is 82.3 Å². The van der Waals surface area contributed by atoms with E-state index in [1.165, 1.54) is 19.2 Å². The molecule has 0 radical (unpaired) electrons. The summed E-state index contributed by atoms with van der Waals surface area (Å²) in [6.07, 6.45) is 7.12. The van der Waals surface area contributed by atoms with Crippen molar-refractivity contribution in [1.82, 2.24) is 70.7 Å². The molecule has 1 saturated heterocycles. The molecule has 0 aliphatic carbocycles. The quantitative estimate of drug-likeness (QED) is 0.0230. The first-order valence-corrected chi connectivity index (χ1v) is 34.3. The van der Waals surface area contributed by atoms with Gasteiger partial charge in [0, 0.05) is 148 Å². The van der Waals surface area contributed by atoms with Crippen molar-refractivity contribution in [1.29, 1.82) is 0 Å². The van der Waals surface area contributed by atoms with E-state index in [-0.39, 0.29) is 166 Å². The number of anilines is 1. The number of amides is 5. The summed E-state index contributed by atoms with van der Waals surface area (Å²) in [6, 6.07) is 5.16. The highest BCUT2D eigenvalue weighted by atomic mass is 32.2. The van der Waals surface area contributed by atoms with Gasteiger partial charge in [0.25, 0.3) is 5.91 Å². The molecule has 0 spiro atoms. The van der Waals surface area contributed by atoms with Crippen LogP contribution in [0, 0.1) is 13.8 Å². The van der Waals surface area contributed by atoms with Crippen LogP contribution in [-0.2, 0) is 73.9 Å². The number of carbonyl (C=O) groups excluding carboxylic acids is 5. The smallest absolute Gasteiger partial charge is 0.323 e. The predicted molar refractivity (Wildman–Crippen MR) is 359 cm³/mol. The maximum Gasteiger partial charge on any atom is 0.323 e. The predicted octanol–water partition coefficient (Wildman–Crippen LogP) is -1.24. The number of carboxylic acid groups (broad SMARTS) is 4. The van der Waals surface area contributed by atoms with Gasteiger partial charge in [0.1, 0.15) is 17.8 Å². The van der Waals surface area contributed by atoms with Gasteiger partial charge in [-0.3, -0.25) is 67.4 Å². The first-order chi connectivity index (χ1) is 47.5. The second-order valence-electron chi connectivity index (χ2n) is 23.4. The number of aryl methyl sites for hydroxylation is 3. The number of sulfonamides is 1. The van der Waals surface area contributed by atoms with E-state index in [0.29, 0.717) is 86.9 Å². The lowest BCUT2D eigenvalue weighted by Gasteiger charge is -2.33. The van der Waals surface area contributed by atoms with Crippen LogP contribution in [0.1, 0.15) is 66.4 Å². The van der Waals surface area contributed by atoms with Crippen LogP contribution in [0.5, 0.6) is 5.75 Å². The van der Waals surface area contributed by atoms with Gasteiger partial charge < -0.3 is 81.0 Å². The lowest BCUT2D eigenvalue weighted by atomic mass is 10.1. The van der Waals surface area contributed by atoms with Gasteiger partial charge >= 0.3 is 23.9 Å². The first-order valence-electron chi connectivity index (χ1n) is 32.8. The molecule has 2 aromatic carbocycles. The zero-order chi connectivity index (χ0) is 72.0. The second kappa shape index (κ2) is 44.5. The summed E-state index contributed by atoms with van der Waals surface area (Å²) in [4.78, 5) is 126. The minimum Gasteiger partial charge on any atom is -0.494 e. The molecular formula is C63H97N15O20S. The Morgan fingerprint density at radius 2 is 1.16 bits per heavy atom. The van der Waals surface area contributed by atoms with Crippen LogP contribution in [0.4, 0.5) is 5.95 Å². The summed E-state index contributed by atoms with van der Waals surface area (Å²) in [5.74, 6) is -5.95. The number of benzene rings is 2. The maximum atomic E-state index is 13.6. The highest BCUT2D eigenvalue weighted by molar-refractivity contribution is 7.89. The Morgan fingerprint density at radius 1 is 0.606 bits per heavy atom. The Labute approximate surface area is 574 Å². The lowest BCUT2D eigenvalue weighted by Crippen LogP contribution is -2.52. The number of fused-ring (bicyclic) bond motifs is 1. The van der Waals surface area contributed by atoms with Gasteiger partial charge in [0.05, 0.1) is 82.4 Å². The fraction of sp³-hybridized carbons (Fsp3) is 0.603. The number of ether oxygens (including phenoxy) is 5. The molecule has 99 heavy (non-hydrogen) atoms. The number of H-pyrrole nitrogens is 1. The molecule has 1 fully saturated rings. The fourth-order valence-electron chi connectivity index (χ4n) is 10.5. The number of nitrogens with zero attached hydrogens (tertiary/aromatic N) is 7. The molecule has 0 bridgehead atoms. The van der Waals surface area contributed by atoms with Gasteiger partial charge in [-0.05, 0) is 87.4 Å². The van der Waals surface area contributed by atoms with Crippen molar-refractivity contribution >= 4 is 80.3 Å². The number of aromatic amines is 1. The molecule has 550 valence electrons. The number of imidazole rings is 1. The molecule has 1 aliphatic heterocycles. The third kappa shape index (κ3) is 32.0. The standard InChI is InChI=1S/C63H97N15O20S/c1-45-36-49(37-46(2)59(45)99(92,93)73-51(62(90)91)40-70-60(88)47-9-11-52-48(38-47)39-71-78(52)19-5-13-67-63-68-16-17-69-63)98-30-4-8-53(79)64-14-6-28-95-32-34-97-35-33-96-29-7-15-66-61(89)50(10-12-54(80)65-18-31-94-3)72-55(81)41-74-20-22-75(42-56(82)83)24-26-77(44-58(86)87)27-25-76(23-21-74)43-57(84)85/h9,11,16-17,36-39,50-51,73H,4-8,10,12-15,18-35,40-44H2,1-3H3,(H,64,79)(H,65,80)(H,66,89)(H,70,88)(H,72,81)(H,82,83)(H,84,85)(H,86,87)(H,90,91)(H2,67,68,69)/t50-,51?/m1/s1. The third-order valence-corrected chi connectivity index (χ3v) is 17.2. The van der Waals surface area contributed by atoms with Crippen molar-refractivity contribution in [2.75, 3.05) is 177 Å². The van der Waals surface area contributed by atoms with Gasteiger partial charge in [0.2, 0.25) is 33.7 Å². The molecule has 4 aromatic rings. The van der Waals surface area contributed by atoms with Crippen LogP contribution in [0.3, 0.4) is 0 Å². The van der Waals surface area contributed by atoms with Crippen LogP contribution in [0.2, 0.25) is 0 Å². The molecule has 0 saturated carbocycles. The number of methoxy groups -OCH3 is 1. The number of rotatable bonds is 47. The van der Waals surface area contributed by atoms with Gasteiger partial charge in [-0.2, -0.15) is 9.82 Å². The SMILES string of the molecule is COCCNC(=O)CC[C@@H](NC(=O)CN1CCN(CC(=O)O)CCN(CC(=O)O)CCN(CC(=O)O)CC1)C(=O)NCCCOCCOCCOCCCNC(=O)CCCOc1cc(C)c(S(=O)(=O)NC(CNC(=O)c2ccc3c(cnn3CCCNc3ncc[nH]3)c2)C(=O)O)c(C)c1. The molecule has 2 atom stereocenters. The van der Waals surface area contributed by atoms with Crippen LogP contribution in [-0.4, -0.2) is 305 Å². The zero-order valence-corrected chi connectivity index (χ0v) is 57.3. The highest BCUT2D eigenvalue weighted by Crippen LogP contribution is 2.27. The number of aliphatic carboxylic acids is 4. The first kappa shape index (κ1) is 81.2. The minimum absolute atomic E-state index is 0.0327. The Kier molecular flexibility index (Phi) is 36.5. The lowest BCUT2D eigenvalue weighted by molar-refractivity contribution is -0.140. The summed E-state index contributed by atoms with van der Waals surface area (Å²) in [5, 5.41) is 60.5. The Balaban J connectivity index is 0.921. The molecule has 1 unspecified atom stereocenters. The van der Waals surface area contributed by atoms with Crippen LogP contribution < -0.4 is 41.4 Å². The van der Waals surface area contributed by atoms with Gasteiger partial charge in [-0.1, -0.05) is 0 Å². The average molecular weight is 1420 g/mol. The van der Waals surface area contributed by atoms with E-state index in [0.717, 1.165) is 11.9 Å². The van der Waals surface area contributed by atoms with Gasteiger partial charge in [-0.15, -0.1) is 0 Å². The molecule has 12 N–H and O–H groups in total. The molecule has 3 heterocycles. The van der Waals surface area contributed by atoms with E-state index in [9.17, 15) is 72.0 Å². The summed E-state index contributed by atoms with van der Waals surface area (Å²) in [7, 11) is -2.92. The van der Waals surface area contributed by atoms with Crippen molar-refractivity contribution in [3.05, 3.63) is 65.6 Å². The fourth-order valence-corrected chi connectivity index (χ4v) is 12.1. The van der Waals surface area contributed by atoms with E-state index in [1.807, 2.05) is 4.68 Å². The summed E-state index contributed by atoms with van der Waals surface area (Å²) in [6.45, 7) is 7.20. The van der Waals surface area contributed by atoms with Gasteiger partial charge in [-0.25, -0.2) is 13.4 Å². The monoisotopic (exact) mass is 1420 g/mol. The van der Waals surface area contributed by atoms with E-state index >= 15 is 0 Å². The number of hydrogen-bond donors (Lipinski definition) is 12. The van der Waals surface area contributed by atoms with Gasteiger partial charge in [0.15, 0.2) is 5.95 Å². The Bertz CT molecular complexity index is 3270. The van der Waals surface area contributed by atoms with Crippen molar-refractivity contribution < 1.29 is 95.7 Å². The number of nitrogens with one attached hydrogen (secondary N) is 8. The Hall–Kier alpha value is -8.46. The Morgan fingerprint density at radius 3 is 1.72 bits per heavy atom. The number of aromatic nitrogens is 4. The third-order valence-electron chi connectivity index (χ3n) is 15.4. The molecule has 5 amide bonds. The maximum absolute atomic E-state index is 13.6. The minimum atomic E-state index is -4.41. The van der Waals surface area contributed by atoms with E-state index in [2.05, 4.69) is 51.7 Å². The summed E-state index contributed by atoms with van der Waals surface area (Å²) >= 11 is 0. The van der Waals surface area contributed by atoms with Crippen molar-refractivity contribution in [3.8, 4) is 5.75 Å². The number of carboxylic acids is 4. The molecule has 5 rings (SSSR count). The van der Waals surface area contributed by atoms with Crippen LogP contribution >= 0.6 is 0 Å². The van der Waals surface area contributed by atoms with Crippen molar-refractivity contribution in [2.24, 2.45) is 0 Å². The zero-order valence-electron chi connectivity index (χ0n) is 56.5. The largest absolute Gasteiger partial charge is 0.494 e. The molecule has 35 nitrogen and oxygen atoms in total. The molecule has 2 aromatic heterocycles. The molecule has 36 heteroatoms. The summed E-state index contributed by atoms with van der Waals surface area (Å²) < 4.78 is 59.0.